The molecule has 5 nitrogen and oxygen atoms in total. The van der Waals surface area contributed by atoms with Gasteiger partial charge in [-0.2, -0.15) is 0 Å². The Balaban J connectivity index is 2.88. The lowest BCUT2D eigenvalue weighted by Gasteiger charge is -2.13. The van der Waals surface area contributed by atoms with Gasteiger partial charge in [-0.25, -0.2) is 8.42 Å². The predicted octanol–water partition coefficient (Wildman–Crippen LogP) is 1.63. The fourth-order valence-corrected chi connectivity index (χ4v) is 2.46. The van der Waals surface area contributed by atoms with E-state index in [0.717, 1.165) is 5.56 Å². The summed E-state index contributed by atoms with van der Waals surface area (Å²) >= 11 is 0. The lowest BCUT2D eigenvalue weighted by atomic mass is 10.2. The summed E-state index contributed by atoms with van der Waals surface area (Å²) in [5, 5.41) is 10.8. The number of amides is 1. The maximum atomic E-state index is 11.8. The van der Waals surface area contributed by atoms with Crippen LogP contribution >= 0.6 is 0 Å². The van der Waals surface area contributed by atoms with Crippen molar-refractivity contribution in [1.82, 2.24) is 0 Å². The zero-order valence-electron chi connectivity index (χ0n) is 10.9. The summed E-state index contributed by atoms with van der Waals surface area (Å²) in [4.78, 5) is 11.8. The van der Waals surface area contributed by atoms with Crippen molar-refractivity contribution >= 4 is 21.4 Å². The lowest BCUT2D eigenvalue weighted by molar-refractivity contribution is -0.115. The molecule has 0 aromatic heterocycles. The van der Waals surface area contributed by atoms with Crippen molar-refractivity contribution in [1.29, 1.82) is 0 Å². The number of rotatable bonds is 5. The first-order chi connectivity index (χ1) is 8.77. The van der Waals surface area contributed by atoms with E-state index in [4.69, 9.17) is 0 Å². The van der Waals surface area contributed by atoms with Crippen LogP contribution in [0.2, 0.25) is 0 Å². The summed E-state index contributed by atoms with van der Waals surface area (Å²) in [5.74, 6) is -1.04. The third kappa shape index (κ3) is 3.82. The van der Waals surface area contributed by atoms with Crippen molar-refractivity contribution in [3.8, 4) is 5.75 Å². The molecule has 2 N–H and O–H groups in total. The third-order valence-electron chi connectivity index (χ3n) is 2.67. The van der Waals surface area contributed by atoms with Gasteiger partial charge in [0, 0.05) is 0 Å². The van der Waals surface area contributed by atoms with Crippen LogP contribution in [-0.4, -0.2) is 30.4 Å². The number of anilines is 1. The molecule has 1 atom stereocenters. The van der Waals surface area contributed by atoms with E-state index < -0.39 is 21.0 Å². The molecule has 0 aliphatic heterocycles. The summed E-state index contributed by atoms with van der Waals surface area (Å²) in [5.41, 5.74) is 1.03. The number of carbonyl (C=O) groups excluding carboxylic acids is 1. The minimum atomic E-state index is -3.56. The second-order valence-corrected chi connectivity index (χ2v) is 6.64. The second-order valence-electron chi connectivity index (χ2n) is 4.27. The number of carbonyl (C=O) groups is 1. The monoisotopic (exact) mass is 283 g/mol. The number of phenols is 1. The van der Waals surface area contributed by atoms with Crippen molar-refractivity contribution in [3.05, 3.63) is 36.4 Å². The first-order valence-electron chi connectivity index (χ1n) is 5.71. The Bertz CT molecular complexity index is 593. The van der Waals surface area contributed by atoms with E-state index in [0.29, 0.717) is 0 Å². The number of aromatic hydroxyl groups is 1. The summed E-state index contributed by atoms with van der Waals surface area (Å²) in [6.07, 6.45) is 1.24. The highest BCUT2D eigenvalue weighted by Crippen LogP contribution is 2.24. The molecule has 1 rings (SSSR count). The fraction of sp³-hybridized carbons (Fsp3) is 0.308. The van der Waals surface area contributed by atoms with E-state index in [1.54, 1.807) is 13.0 Å². The van der Waals surface area contributed by atoms with Crippen LogP contribution in [0.15, 0.2) is 30.9 Å². The normalized spacial score (nSPS) is 12.7. The molecule has 0 spiro atoms. The maximum Gasteiger partial charge on any atom is 0.242 e. The van der Waals surface area contributed by atoms with Crippen molar-refractivity contribution in [2.75, 3.05) is 11.1 Å². The van der Waals surface area contributed by atoms with Crippen LogP contribution in [0, 0.1) is 6.92 Å². The van der Waals surface area contributed by atoms with Gasteiger partial charge in [-0.05, 0) is 31.5 Å². The Morgan fingerprint density at radius 2 is 2.16 bits per heavy atom. The molecular formula is C13H17NO4S. The van der Waals surface area contributed by atoms with Gasteiger partial charge in [-0.1, -0.05) is 12.1 Å². The largest absolute Gasteiger partial charge is 0.506 e. The number of nitrogens with one attached hydrogen (secondary N) is 1. The van der Waals surface area contributed by atoms with E-state index in [9.17, 15) is 18.3 Å². The summed E-state index contributed by atoms with van der Waals surface area (Å²) in [7, 11) is -3.56. The summed E-state index contributed by atoms with van der Waals surface area (Å²) in [6.45, 7) is 6.44. The van der Waals surface area contributed by atoms with Crippen molar-refractivity contribution in [2.45, 2.75) is 19.1 Å². The highest BCUT2D eigenvalue weighted by molar-refractivity contribution is 7.92. The van der Waals surface area contributed by atoms with Gasteiger partial charge >= 0.3 is 0 Å². The van der Waals surface area contributed by atoms with Crippen LogP contribution in [0.5, 0.6) is 5.75 Å². The smallest absolute Gasteiger partial charge is 0.242 e. The zero-order valence-corrected chi connectivity index (χ0v) is 11.7. The Kier molecular flexibility index (Phi) is 4.72. The molecule has 0 saturated carbocycles. The quantitative estimate of drug-likeness (QED) is 0.635. The van der Waals surface area contributed by atoms with E-state index in [1.165, 1.54) is 25.1 Å². The molecule has 1 unspecified atom stereocenters. The van der Waals surface area contributed by atoms with Gasteiger partial charge in [0.15, 0.2) is 9.84 Å². The topological polar surface area (TPSA) is 83.5 Å². The van der Waals surface area contributed by atoms with E-state index in [-0.39, 0.29) is 17.2 Å². The van der Waals surface area contributed by atoms with E-state index in [2.05, 4.69) is 11.9 Å². The van der Waals surface area contributed by atoms with Crippen molar-refractivity contribution in [2.24, 2.45) is 0 Å². The molecule has 6 heteroatoms. The van der Waals surface area contributed by atoms with Gasteiger partial charge in [0.05, 0.1) is 11.4 Å². The Hall–Kier alpha value is -1.82. The Morgan fingerprint density at radius 1 is 1.53 bits per heavy atom. The maximum absolute atomic E-state index is 11.8. The van der Waals surface area contributed by atoms with Gasteiger partial charge < -0.3 is 10.4 Å². The SMILES string of the molecule is C=CCS(=O)(=O)C(C)C(=O)Nc1ccc(C)cc1O. The fourth-order valence-electron chi connectivity index (χ4n) is 1.45. The molecule has 1 aromatic carbocycles. The molecule has 0 saturated heterocycles. The average Bonchev–Trinajstić information content (AvgIpc) is 2.31. The molecule has 0 radical (unpaired) electrons. The third-order valence-corrected chi connectivity index (χ3v) is 4.66. The predicted molar refractivity (Wildman–Crippen MR) is 74.9 cm³/mol. The molecule has 0 aliphatic rings. The molecule has 0 fully saturated rings. The first-order valence-corrected chi connectivity index (χ1v) is 7.42. The van der Waals surface area contributed by atoms with Crippen molar-refractivity contribution < 1.29 is 18.3 Å². The van der Waals surface area contributed by atoms with Crippen LogP contribution in [0.3, 0.4) is 0 Å². The first kappa shape index (κ1) is 15.2. The number of phenolic OH excluding ortho intramolecular Hbond substituents is 1. The zero-order chi connectivity index (χ0) is 14.6. The molecule has 19 heavy (non-hydrogen) atoms. The number of aryl methyl sites for hydroxylation is 1. The van der Waals surface area contributed by atoms with Crippen LogP contribution in [0.25, 0.3) is 0 Å². The number of sulfone groups is 1. The van der Waals surface area contributed by atoms with Crippen LogP contribution in [0.4, 0.5) is 5.69 Å². The molecule has 1 aromatic rings. The molecule has 0 aliphatic carbocycles. The Morgan fingerprint density at radius 3 is 2.68 bits per heavy atom. The van der Waals surface area contributed by atoms with Gasteiger partial charge in [0.1, 0.15) is 11.0 Å². The van der Waals surface area contributed by atoms with Gasteiger partial charge in [-0.3, -0.25) is 4.79 Å². The van der Waals surface area contributed by atoms with Crippen molar-refractivity contribution in [3.63, 3.8) is 0 Å². The number of hydrogen-bond acceptors (Lipinski definition) is 4. The van der Waals surface area contributed by atoms with E-state index >= 15 is 0 Å². The van der Waals surface area contributed by atoms with Crippen LogP contribution < -0.4 is 5.32 Å². The minimum Gasteiger partial charge on any atom is -0.506 e. The van der Waals surface area contributed by atoms with Crippen LogP contribution in [0.1, 0.15) is 12.5 Å². The molecular weight excluding hydrogens is 266 g/mol. The Labute approximate surface area is 112 Å². The van der Waals surface area contributed by atoms with Gasteiger partial charge in [0.2, 0.25) is 5.91 Å². The standard InChI is InChI=1S/C13H17NO4S/c1-4-7-19(17,18)10(3)13(16)14-11-6-5-9(2)8-12(11)15/h4-6,8,10,15H,1,7H2,2-3H3,(H,14,16). The highest BCUT2D eigenvalue weighted by atomic mass is 32.2. The number of hydrogen-bond donors (Lipinski definition) is 2. The molecule has 0 heterocycles. The van der Waals surface area contributed by atoms with Gasteiger partial charge in [0.25, 0.3) is 0 Å². The van der Waals surface area contributed by atoms with Crippen LogP contribution in [-0.2, 0) is 14.6 Å². The highest BCUT2D eigenvalue weighted by Gasteiger charge is 2.27. The molecule has 104 valence electrons. The van der Waals surface area contributed by atoms with E-state index in [1.807, 2.05) is 0 Å². The van der Waals surface area contributed by atoms with Gasteiger partial charge in [-0.15, -0.1) is 6.58 Å². The summed E-state index contributed by atoms with van der Waals surface area (Å²) in [6, 6.07) is 4.71. The lowest BCUT2D eigenvalue weighted by Crippen LogP contribution is -2.33. The second kappa shape index (κ2) is 5.88. The molecule has 0 bridgehead atoms. The average molecular weight is 283 g/mol. The molecule has 1 amide bonds. The summed E-state index contributed by atoms with van der Waals surface area (Å²) < 4.78 is 23.4. The number of benzene rings is 1. The minimum absolute atomic E-state index is 0.0957.